The molecule has 1 saturated heterocycles. The van der Waals surface area contributed by atoms with E-state index in [-0.39, 0.29) is 0 Å². The molecule has 1 N–H and O–H groups in total. The summed E-state index contributed by atoms with van der Waals surface area (Å²) in [5.41, 5.74) is 0. The lowest BCUT2D eigenvalue weighted by atomic mass is 10.4. The summed E-state index contributed by atoms with van der Waals surface area (Å²) in [7, 11) is 0. The third kappa shape index (κ3) is 5.00. The molecule has 2 rings (SSSR count). The van der Waals surface area contributed by atoms with Crippen molar-refractivity contribution in [3.05, 3.63) is 21.9 Å². The Bertz CT molecular complexity index is 317. The van der Waals surface area contributed by atoms with Gasteiger partial charge in [-0.15, -0.1) is 11.3 Å². The maximum atomic E-state index is 3.54. The molecule has 4 heteroatoms. The second kappa shape index (κ2) is 7.41. The summed E-state index contributed by atoms with van der Waals surface area (Å²) in [5, 5.41) is 3.54. The van der Waals surface area contributed by atoms with Gasteiger partial charge in [-0.2, -0.15) is 11.8 Å². The molecule has 0 aliphatic carbocycles. The summed E-state index contributed by atoms with van der Waals surface area (Å²) < 4.78 is 0. The molecule has 0 bridgehead atoms. The fourth-order valence-electron chi connectivity index (χ4n) is 2.05. The van der Waals surface area contributed by atoms with Crippen molar-refractivity contribution in [3.8, 4) is 0 Å². The lowest BCUT2D eigenvalue weighted by Gasteiger charge is -2.19. The van der Waals surface area contributed by atoms with Crippen LogP contribution >= 0.6 is 23.1 Å². The number of aryl methyl sites for hydroxylation is 1. The van der Waals surface area contributed by atoms with Gasteiger partial charge in [0.25, 0.3) is 0 Å². The van der Waals surface area contributed by atoms with E-state index < -0.39 is 0 Å². The van der Waals surface area contributed by atoms with E-state index in [9.17, 15) is 0 Å². The van der Waals surface area contributed by atoms with Gasteiger partial charge in [-0.05, 0) is 37.8 Å². The van der Waals surface area contributed by atoms with Crippen molar-refractivity contribution in [2.24, 2.45) is 0 Å². The summed E-state index contributed by atoms with van der Waals surface area (Å²) in [5.74, 6) is 2.66. The summed E-state index contributed by atoms with van der Waals surface area (Å²) in [6, 6.07) is 4.43. The summed E-state index contributed by atoms with van der Waals surface area (Å²) in [6.07, 6.45) is 1.36. The van der Waals surface area contributed by atoms with E-state index in [1.54, 1.807) is 0 Å². The Labute approximate surface area is 113 Å². The van der Waals surface area contributed by atoms with E-state index >= 15 is 0 Å². The first-order valence-corrected chi connectivity index (χ1v) is 8.38. The van der Waals surface area contributed by atoms with E-state index in [0.29, 0.717) is 0 Å². The average molecular weight is 270 g/mol. The Kier molecular flexibility index (Phi) is 5.85. The molecule has 0 saturated carbocycles. The molecule has 1 aliphatic heterocycles. The number of hydrogen-bond acceptors (Lipinski definition) is 4. The second-order valence-corrected chi connectivity index (χ2v) is 7.09. The van der Waals surface area contributed by atoms with Crippen LogP contribution in [0, 0.1) is 6.92 Å². The van der Waals surface area contributed by atoms with Crippen molar-refractivity contribution in [1.82, 2.24) is 10.2 Å². The van der Waals surface area contributed by atoms with Crippen molar-refractivity contribution in [2.75, 3.05) is 37.7 Å². The third-order valence-corrected chi connectivity index (χ3v) is 5.06. The van der Waals surface area contributed by atoms with Crippen LogP contribution in [0.4, 0.5) is 0 Å². The maximum absolute atomic E-state index is 3.54. The zero-order valence-electron chi connectivity index (χ0n) is 10.6. The van der Waals surface area contributed by atoms with Crippen LogP contribution in [0.1, 0.15) is 16.2 Å². The smallest absolute Gasteiger partial charge is 0.0300 e. The first kappa shape index (κ1) is 13.4. The topological polar surface area (TPSA) is 15.3 Å². The minimum Gasteiger partial charge on any atom is -0.311 e. The molecule has 0 aromatic carbocycles. The normalized spacial score (nSPS) is 18.2. The quantitative estimate of drug-likeness (QED) is 0.828. The molecule has 2 nitrogen and oxygen atoms in total. The van der Waals surface area contributed by atoms with E-state index in [4.69, 9.17) is 0 Å². The second-order valence-electron chi connectivity index (χ2n) is 4.50. The van der Waals surface area contributed by atoms with Crippen LogP contribution in [0.3, 0.4) is 0 Å². The van der Waals surface area contributed by atoms with Gasteiger partial charge in [-0.1, -0.05) is 0 Å². The predicted octanol–water partition coefficient (Wildman–Crippen LogP) is 2.59. The van der Waals surface area contributed by atoms with E-state index in [1.165, 1.54) is 47.3 Å². The minimum absolute atomic E-state index is 1.03. The molecule has 0 spiro atoms. The van der Waals surface area contributed by atoms with Crippen LogP contribution < -0.4 is 5.32 Å². The van der Waals surface area contributed by atoms with Crippen LogP contribution in [0.2, 0.25) is 0 Å². The Morgan fingerprint density at radius 1 is 1.29 bits per heavy atom. The number of nitrogens with zero attached hydrogens (tertiary/aromatic N) is 1. The first-order chi connectivity index (χ1) is 8.34. The van der Waals surface area contributed by atoms with E-state index in [0.717, 1.165) is 13.1 Å². The van der Waals surface area contributed by atoms with Crippen molar-refractivity contribution < 1.29 is 0 Å². The lowest BCUT2D eigenvalue weighted by molar-refractivity contribution is 0.294. The van der Waals surface area contributed by atoms with Gasteiger partial charge in [0.05, 0.1) is 0 Å². The van der Waals surface area contributed by atoms with Gasteiger partial charge >= 0.3 is 0 Å². The van der Waals surface area contributed by atoms with Crippen LogP contribution in [0.5, 0.6) is 0 Å². The molecule has 0 radical (unpaired) electrons. The standard InChI is InChI=1S/C13H22N2S2/c1-12-3-4-13(17-12)11-14-5-7-15-6-2-9-16-10-8-15/h3-4,14H,2,5-11H2,1H3. The van der Waals surface area contributed by atoms with Gasteiger partial charge < -0.3 is 10.2 Å². The average Bonchev–Trinajstić information content (AvgIpc) is 2.59. The maximum Gasteiger partial charge on any atom is 0.0300 e. The molecule has 0 amide bonds. The number of hydrogen-bond donors (Lipinski definition) is 1. The summed E-state index contributed by atoms with van der Waals surface area (Å²) in [4.78, 5) is 5.45. The van der Waals surface area contributed by atoms with Crippen molar-refractivity contribution in [1.29, 1.82) is 0 Å². The zero-order valence-corrected chi connectivity index (χ0v) is 12.2. The highest BCUT2D eigenvalue weighted by Gasteiger charge is 2.08. The molecular formula is C13H22N2S2. The number of thiophene rings is 1. The molecule has 0 unspecified atom stereocenters. The Balaban J connectivity index is 1.59. The molecular weight excluding hydrogens is 248 g/mol. The van der Waals surface area contributed by atoms with E-state index in [1.807, 2.05) is 11.3 Å². The lowest BCUT2D eigenvalue weighted by Crippen LogP contribution is -2.33. The van der Waals surface area contributed by atoms with Crippen molar-refractivity contribution in [2.45, 2.75) is 19.9 Å². The number of thioether (sulfide) groups is 1. The molecule has 1 aromatic rings. The van der Waals surface area contributed by atoms with Gasteiger partial charge in [-0.3, -0.25) is 0 Å². The molecule has 0 atom stereocenters. The predicted molar refractivity (Wildman–Crippen MR) is 79.1 cm³/mol. The van der Waals surface area contributed by atoms with Gasteiger partial charge in [0, 0.05) is 41.7 Å². The highest BCUT2D eigenvalue weighted by Crippen LogP contribution is 2.14. The molecule has 96 valence electrons. The van der Waals surface area contributed by atoms with Crippen LogP contribution in [0.25, 0.3) is 0 Å². The van der Waals surface area contributed by atoms with Crippen molar-refractivity contribution >= 4 is 23.1 Å². The number of rotatable bonds is 5. The zero-order chi connectivity index (χ0) is 11.9. The van der Waals surface area contributed by atoms with Gasteiger partial charge in [-0.25, -0.2) is 0 Å². The molecule has 1 aromatic heterocycles. The molecule has 1 aliphatic rings. The Hall–Kier alpha value is -0.0300. The third-order valence-electron chi connectivity index (χ3n) is 3.01. The highest BCUT2D eigenvalue weighted by molar-refractivity contribution is 7.99. The minimum atomic E-state index is 1.03. The molecule has 2 heterocycles. The monoisotopic (exact) mass is 270 g/mol. The summed E-state index contributed by atoms with van der Waals surface area (Å²) in [6.45, 7) is 8.06. The molecule has 1 fully saturated rings. The number of nitrogens with one attached hydrogen (secondary N) is 1. The van der Waals surface area contributed by atoms with Gasteiger partial charge in [0.2, 0.25) is 0 Å². The SMILES string of the molecule is Cc1ccc(CNCCN2CCCSCC2)s1. The largest absolute Gasteiger partial charge is 0.311 e. The van der Waals surface area contributed by atoms with Crippen LogP contribution in [-0.4, -0.2) is 42.6 Å². The fraction of sp³-hybridized carbons (Fsp3) is 0.692. The molecule has 17 heavy (non-hydrogen) atoms. The van der Waals surface area contributed by atoms with Gasteiger partial charge in [0.1, 0.15) is 0 Å². The van der Waals surface area contributed by atoms with Crippen LogP contribution in [-0.2, 0) is 6.54 Å². The van der Waals surface area contributed by atoms with Gasteiger partial charge in [0.15, 0.2) is 0 Å². The summed E-state index contributed by atoms with van der Waals surface area (Å²) >= 11 is 4.00. The van der Waals surface area contributed by atoms with Crippen LogP contribution in [0.15, 0.2) is 12.1 Å². The highest BCUT2D eigenvalue weighted by atomic mass is 32.2. The first-order valence-electron chi connectivity index (χ1n) is 6.41. The fourth-order valence-corrected chi connectivity index (χ4v) is 3.83. The Morgan fingerprint density at radius 2 is 2.24 bits per heavy atom. The Morgan fingerprint density at radius 3 is 3.06 bits per heavy atom. The van der Waals surface area contributed by atoms with Crippen molar-refractivity contribution in [3.63, 3.8) is 0 Å². The van der Waals surface area contributed by atoms with E-state index in [2.05, 4.69) is 41.0 Å².